The van der Waals surface area contributed by atoms with Gasteiger partial charge >= 0.3 is 0 Å². The Balaban J connectivity index is 1.78. The minimum absolute atomic E-state index is 0.0926. The van der Waals surface area contributed by atoms with Crippen molar-refractivity contribution >= 4 is 17.6 Å². The second-order valence-electron chi connectivity index (χ2n) is 6.35. The molecule has 1 unspecified atom stereocenters. The molecule has 0 fully saturated rings. The first-order valence-electron chi connectivity index (χ1n) is 9.17. The number of fused-ring (bicyclic) bond motifs is 1. The second-order valence-corrected chi connectivity index (χ2v) is 6.35. The van der Waals surface area contributed by atoms with E-state index in [2.05, 4.69) is 10.6 Å². The van der Waals surface area contributed by atoms with Crippen molar-refractivity contribution in [2.45, 2.75) is 25.8 Å². The molecule has 1 aliphatic rings. The molecule has 0 aliphatic carbocycles. The highest BCUT2D eigenvalue weighted by molar-refractivity contribution is 6.16. The van der Waals surface area contributed by atoms with Crippen molar-refractivity contribution in [1.82, 2.24) is 10.6 Å². The van der Waals surface area contributed by atoms with Crippen molar-refractivity contribution in [3.63, 3.8) is 0 Å². The number of hydrogen-bond acceptors (Lipinski definition) is 5. The van der Waals surface area contributed by atoms with Crippen molar-refractivity contribution in [1.29, 1.82) is 0 Å². The van der Waals surface area contributed by atoms with Gasteiger partial charge in [-0.2, -0.15) is 0 Å². The fourth-order valence-corrected chi connectivity index (χ4v) is 2.76. The van der Waals surface area contributed by atoms with E-state index in [1.54, 1.807) is 42.5 Å². The molecule has 2 aromatic carbocycles. The van der Waals surface area contributed by atoms with Crippen LogP contribution in [0.15, 0.2) is 48.5 Å². The number of unbranched alkanes of at least 4 members (excludes halogenated alkanes) is 1. The predicted octanol–water partition coefficient (Wildman–Crippen LogP) is 2.31. The second kappa shape index (κ2) is 9.03. The number of amides is 2. The van der Waals surface area contributed by atoms with Crippen LogP contribution in [0.25, 0.3) is 0 Å². The zero-order valence-electron chi connectivity index (χ0n) is 15.6. The third kappa shape index (κ3) is 4.49. The zero-order chi connectivity index (χ0) is 19.9. The van der Waals surface area contributed by atoms with Gasteiger partial charge < -0.3 is 20.1 Å². The highest BCUT2D eigenvalue weighted by atomic mass is 16.7. The Kier molecular flexibility index (Phi) is 6.26. The third-order valence-corrected chi connectivity index (χ3v) is 4.32. The van der Waals surface area contributed by atoms with E-state index in [4.69, 9.17) is 9.47 Å². The largest absolute Gasteiger partial charge is 0.454 e. The van der Waals surface area contributed by atoms with E-state index in [-0.39, 0.29) is 12.4 Å². The van der Waals surface area contributed by atoms with Gasteiger partial charge in [0.2, 0.25) is 6.79 Å². The molecule has 2 aromatic rings. The van der Waals surface area contributed by atoms with Crippen LogP contribution in [0.2, 0.25) is 0 Å². The van der Waals surface area contributed by atoms with Crippen molar-refractivity contribution in [2.24, 2.45) is 0 Å². The minimum Gasteiger partial charge on any atom is -0.454 e. The number of rotatable bonds is 8. The van der Waals surface area contributed by atoms with Gasteiger partial charge in [0.15, 0.2) is 23.3 Å². The van der Waals surface area contributed by atoms with Gasteiger partial charge in [0.1, 0.15) is 0 Å². The van der Waals surface area contributed by atoms with Crippen molar-refractivity contribution < 1.29 is 23.9 Å². The first-order chi connectivity index (χ1) is 13.6. The van der Waals surface area contributed by atoms with E-state index in [0.717, 1.165) is 12.8 Å². The summed E-state index contributed by atoms with van der Waals surface area (Å²) < 4.78 is 10.5. The lowest BCUT2D eigenvalue weighted by Gasteiger charge is -2.18. The van der Waals surface area contributed by atoms with Crippen LogP contribution >= 0.6 is 0 Å². The van der Waals surface area contributed by atoms with E-state index in [9.17, 15) is 14.4 Å². The van der Waals surface area contributed by atoms with E-state index >= 15 is 0 Å². The lowest BCUT2D eigenvalue weighted by Crippen LogP contribution is -2.51. The summed E-state index contributed by atoms with van der Waals surface area (Å²) in [4.78, 5) is 38.1. The highest BCUT2D eigenvalue weighted by Gasteiger charge is 2.30. The van der Waals surface area contributed by atoms with Gasteiger partial charge in [-0.3, -0.25) is 14.4 Å². The van der Waals surface area contributed by atoms with Crippen LogP contribution in [-0.4, -0.2) is 37.0 Å². The van der Waals surface area contributed by atoms with Gasteiger partial charge in [0.05, 0.1) is 0 Å². The fourth-order valence-electron chi connectivity index (χ4n) is 2.76. The molecule has 0 saturated heterocycles. The monoisotopic (exact) mass is 382 g/mol. The normalized spacial score (nSPS) is 12.9. The van der Waals surface area contributed by atoms with E-state index in [1.165, 1.54) is 6.07 Å². The van der Waals surface area contributed by atoms with Gasteiger partial charge in [-0.05, 0) is 24.6 Å². The summed E-state index contributed by atoms with van der Waals surface area (Å²) in [6, 6.07) is 11.8. The van der Waals surface area contributed by atoms with Gasteiger partial charge in [0.25, 0.3) is 11.8 Å². The fraction of sp³-hybridized carbons (Fsp3) is 0.286. The molecule has 7 heteroatoms. The van der Waals surface area contributed by atoms with Gasteiger partial charge in [0, 0.05) is 17.7 Å². The molecule has 3 rings (SSSR count). The lowest BCUT2D eigenvalue weighted by atomic mass is 10.0. The van der Waals surface area contributed by atoms with Crippen LogP contribution in [-0.2, 0) is 4.79 Å². The van der Waals surface area contributed by atoms with E-state index < -0.39 is 23.6 Å². The van der Waals surface area contributed by atoms with Crippen LogP contribution in [0.5, 0.6) is 11.5 Å². The summed E-state index contributed by atoms with van der Waals surface area (Å²) in [5.74, 6) is -0.546. The summed E-state index contributed by atoms with van der Waals surface area (Å²) in [6.45, 7) is 2.53. The maximum atomic E-state index is 12.9. The average molecular weight is 382 g/mol. The third-order valence-electron chi connectivity index (χ3n) is 4.32. The molecule has 28 heavy (non-hydrogen) atoms. The summed E-state index contributed by atoms with van der Waals surface area (Å²) in [6.07, 6.45) is 1.69. The quantitative estimate of drug-likeness (QED) is 0.415. The number of Topliss-reactive ketones (excluding diaryl/α,β-unsaturated/α-hetero) is 1. The number of nitrogens with one attached hydrogen (secondary N) is 2. The van der Waals surface area contributed by atoms with Crippen LogP contribution in [0.3, 0.4) is 0 Å². The summed E-state index contributed by atoms with van der Waals surface area (Å²) in [5, 5.41) is 5.27. The van der Waals surface area contributed by atoms with Crippen LogP contribution in [0, 0.1) is 0 Å². The zero-order valence-corrected chi connectivity index (χ0v) is 15.6. The average Bonchev–Trinajstić information content (AvgIpc) is 3.20. The topological polar surface area (TPSA) is 93.7 Å². The molecule has 0 saturated carbocycles. The summed E-state index contributed by atoms with van der Waals surface area (Å²) in [5.41, 5.74) is 0.626. The molecule has 7 nitrogen and oxygen atoms in total. The Hall–Kier alpha value is -3.35. The molecule has 0 bridgehead atoms. The molecule has 1 aliphatic heterocycles. The Bertz CT molecular complexity index is 866. The summed E-state index contributed by atoms with van der Waals surface area (Å²) >= 11 is 0. The SMILES string of the molecule is CCCCNC(=O)C(NC(=O)c1ccc2c(c1)OCO2)C(=O)c1ccccc1. The van der Waals surface area contributed by atoms with Gasteiger partial charge in [-0.1, -0.05) is 43.7 Å². The molecule has 146 valence electrons. The van der Waals surface area contributed by atoms with Gasteiger partial charge in [-0.25, -0.2) is 0 Å². The maximum Gasteiger partial charge on any atom is 0.252 e. The molecular weight excluding hydrogens is 360 g/mol. The first kappa shape index (κ1) is 19.4. The standard InChI is InChI=1S/C21H22N2O5/c1-2-3-11-22-21(26)18(19(24)14-7-5-4-6-8-14)23-20(25)15-9-10-16-17(12-15)28-13-27-16/h4-10,12,18H,2-3,11,13H2,1H3,(H,22,26)(H,23,25). The molecule has 0 spiro atoms. The van der Waals surface area contributed by atoms with Crippen molar-refractivity contribution in [3.05, 3.63) is 59.7 Å². The van der Waals surface area contributed by atoms with Crippen molar-refractivity contribution in [2.75, 3.05) is 13.3 Å². The highest BCUT2D eigenvalue weighted by Crippen LogP contribution is 2.32. The number of ether oxygens (including phenoxy) is 2. The van der Waals surface area contributed by atoms with Crippen molar-refractivity contribution in [3.8, 4) is 11.5 Å². The molecular formula is C21H22N2O5. The predicted molar refractivity (Wildman–Crippen MR) is 103 cm³/mol. The van der Waals surface area contributed by atoms with Crippen LogP contribution in [0.1, 0.15) is 40.5 Å². The molecule has 1 heterocycles. The van der Waals surface area contributed by atoms with E-state index in [1.807, 2.05) is 6.92 Å². The van der Waals surface area contributed by atoms with Crippen LogP contribution < -0.4 is 20.1 Å². The number of benzene rings is 2. The summed E-state index contributed by atoms with van der Waals surface area (Å²) in [7, 11) is 0. The number of ketones is 1. The molecule has 2 amide bonds. The molecule has 1 atom stereocenters. The number of hydrogen-bond donors (Lipinski definition) is 2. The molecule has 0 radical (unpaired) electrons. The maximum absolute atomic E-state index is 12.9. The lowest BCUT2D eigenvalue weighted by molar-refractivity contribution is -0.121. The van der Waals surface area contributed by atoms with E-state index in [0.29, 0.717) is 23.6 Å². The molecule has 2 N–H and O–H groups in total. The Morgan fingerprint density at radius 2 is 1.75 bits per heavy atom. The number of carbonyl (C=O) groups is 3. The minimum atomic E-state index is -1.32. The first-order valence-corrected chi connectivity index (χ1v) is 9.17. The van der Waals surface area contributed by atoms with Crippen LogP contribution in [0.4, 0.5) is 0 Å². The Labute approximate surface area is 163 Å². The smallest absolute Gasteiger partial charge is 0.252 e. The Morgan fingerprint density at radius 3 is 2.50 bits per heavy atom. The van der Waals surface area contributed by atoms with Gasteiger partial charge in [-0.15, -0.1) is 0 Å². The molecule has 0 aromatic heterocycles. The Morgan fingerprint density at radius 1 is 1.00 bits per heavy atom. The number of carbonyl (C=O) groups excluding carboxylic acids is 3.